The summed E-state index contributed by atoms with van der Waals surface area (Å²) >= 11 is 0. The molecule has 0 spiro atoms. The Morgan fingerprint density at radius 2 is 1.54 bits per heavy atom. The number of aryl methyl sites for hydroxylation is 1. The Balaban J connectivity index is 1.46. The van der Waals surface area contributed by atoms with Crippen LogP contribution in [0.5, 0.6) is 17.2 Å². The molecule has 4 aromatic rings. The van der Waals surface area contributed by atoms with Gasteiger partial charge in [-0.1, -0.05) is 49.4 Å². The molecule has 0 aliphatic carbocycles. The summed E-state index contributed by atoms with van der Waals surface area (Å²) in [5.41, 5.74) is 4.61. The standard InChI is InChI=1S/C30H28N2O5/c1-3-21-9-14-25(15-10-21)36-20-29(33)32-31-19-27-26-8-6-5-7-22(26)13-18-28(27)37-30(34)23-11-16-24(17-12-23)35-4-2/h5-19H,3-4,20H2,1-2H3,(H,32,33). The van der Waals surface area contributed by atoms with E-state index in [1.54, 1.807) is 30.3 Å². The van der Waals surface area contributed by atoms with Crippen molar-refractivity contribution in [3.8, 4) is 17.2 Å². The molecule has 0 saturated carbocycles. The highest BCUT2D eigenvalue weighted by Crippen LogP contribution is 2.27. The Kier molecular flexibility index (Phi) is 8.49. The number of esters is 1. The van der Waals surface area contributed by atoms with Crippen LogP contribution in [0, 0.1) is 0 Å². The molecular weight excluding hydrogens is 468 g/mol. The molecule has 0 saturated heterocycles. The number of ether oxygens (including phenoxy) is 3. The summed E-state index contributed by atoms with van der Waals surface area (Å²) in [6, 6.07) is 25.5. The molecule has 0 radical (unpaired) electrons. The van der Waals surface area contributed by atoms with Crippen molar-refractivity contribution in [1.29, 1.82) is 0 Å². The minimum atomic E-state index is -0.514. The van der Waals surface area contributed by atoms with Crippen LogP contribution >= 0.6 is 0 Å². The van der Waals surface area contributed by atoms with Crippen LogP contribution in [0.4, 0.5) is 0 Å². The lowest BCUT2D eigenvalue weighted by atomic mass is 10.0. The van der Waals surface area contributed by atoms with Crippen molar-refractivity contribution in [3.05, 3.63) is 102 Å². The fourth-order valence-corrected chi connectivity index (χ4v) is 3.68. The number of rotatable bonds is 10. The molecule has 0 unspecified atom stereocenters. The smallest absolute Gasteiger partial charge is 0.343 e. The van der Waals surface area contributed by atoms with Gasteiger partial charge in [-0.15, -0.1) is 0 Å². The highest BCUT2D eigenvalue weighted by atomic mass is 16.5. The molecule has 188 valence electrons. The first-order valence-electron chi connectivity index (χ1n) is 12.1. The predicted molar refractivity (Wildman–Crippen MR) is 144 cm³/mol. The van der Waals surface area contributed by atoms with Gasteiger partial charge in [0.1, 0.15) is 17.2 Å². The average Bonchev–Trinajstić information content (AvgIpc) is 2.93. The SMILES string of the molecule is CCOc1ccc(C(=O)Oc2ccc3ccccc3c2C=NNC(=O)COc2ccc(CC)cc2)cc1. The van der Waals surface area contributed by atoms with E-state index in [-0.39, 0.29) is 6.61 Å². The third-order valence-electron chi connectivity index (χ3n) is 5.62. The van der Waals surface area contributed by atoms with Crippen LogP contribution in [-0.4, -0.2) is 31.3 Å². The third-order valence-corrected chi connectivity index (χ3v) is 5.62. The maximum absolute atomic E-state index is 12.8. The normalized spacial score (nSPS) is 10.9. The first kappa shape index (κ1) is 25.4. The Morgan fingerprint density at radius 1 is 0.838 bits per heavy atom. The van der Waals surface area contributed by atoms with Crippen molar-refractivity contribution in [2.75, 3.05) is 13.2 Å². The largest absolute Gasteiger partial charge is 0.494 e. The lowest BCUT2D eigenvalue weighted by Gasteiger charge is -2.11. The number of hydrogen-bond acceptors (Lipinski definition) is 6. The van der Waals surface area contributed by atoms with Gasteiger partial charge in [-0.2, -0.15) is 5.10 Å². The number of carbonyl (C=O) groups excluding carboxylic acids is 2. The number of nitrogens with zero attached hydrogens (tertiary/aromatic N) is 1. The van der Waals surface area contributed by atoms with Gasteiger partial charge in [0.05, 0.1) is 18.4 Å². The van der Waals surface area contributed by atoms with Gasteiger partial charge in [-0.3, -0.25) is 4.79 Å². The molecule has 7 heteroatoms. The van der Waals surface area contributed by atoms with Gasteiger partial charge >= 0.3 is 5.97 Å². The summed E-state index contributed by atoms with van der Waals surface area (Å²) < 4.78 is 16.7. The monoisotopic (exact) mass is 496 g/mol. The summed E-state index contributed by atoms with van der Waals surface area (Å²) in [6.07, 6.45) is 2.40. The second kappa shape index (κ2) is 12.4. The molecule has 1 N–H and O–H groups in total. The van der Waals surface area contributed by atoms with Crippen LogP contribution in [0.3, 0.4) is 0 Å². The number of nitrogens with one attached hydrogen (secondary N) is 1. The van der Waals surface area contributed by atoms with Gasteiger partial charge in [-0.05, 0) is 72.1 Å². The number of hydrazone groups is 1. The van der Waals surface area contributed by atoms with Gasteiger partial charge in [0.15, 0.2) is 6.61 Å². The van der Waals surface area contributed by atoms with Gasteiger partial charge in [-0.25, -0.2) is 10.2 Å². The molecular formula is C30H28N2O5. The predicted octanol–water partition coefficient (Wildman–Crippen LogP) is 5.55. The van der Waals surface area contributed by atoms with E-state index in [9.17, 15) is 9.59 Å². The number of carbonyl (C=O) groups is 2. The lowest BCUT2D eigenvalue weighted by Crippen LogP contribution is -2.24. The maximum Gasteiger partial charge on any atom is 0.343 e. The summed E-state index contributed by atoms with van der Waals surface area (Å²) in [7, 11) is 0. The summed E-state index contributed by atoms with van der Waals surface area (Å²) in [5.74, 6) is 0.676. The van der Waals surface area contributed by atoms with E-state index in [2.05, 4.69) is 17.5 Å². The molecule has 7 nitrogen and oxygen atoms in total. The van der Waals surface area contributed by atoms with E-state index >= 15 is 0 Å². The fraction of sp³-hybridized carbons (Fsp3) is 0.167. The molecule has 4 rings (SSSR count). The Labute approximate surface area is 215 Å². The highest BCUT2D eigenvalue weighted by molar-refractivity contribution is 6.04. The van der Waals surface area contributed by atoms with E-state index in [1.807, 2.05) is 61.5 Å². The second-order valence-electron chi connectivity index (χ2n) is 8.12. The Bertz CT molecular complexity index is 1400. The van der Waals surface area contributed by atoms with E-state index < -0.39 is 11.9 Å². The van der Waals surface area contributed by atoms with E-state index in [1.165, 1.54) is 11.8 Å². The van der Waals surface area contributed by atoms with E-state index in [0.717, 1.165) is 17.2 Å². The van der Waals surface area contributed by atoms with Crippen LogP contribution in [0.25, 0.3) is 10.8 Å². The van der Waals surface area contributed by atoms with Crippen LogP contribution in [0.2, 0.25) is 0 Å². The van der Waals surface area contributed by atoms with Gasteiger partial charge in [0, 0.05) is 5.56 Å². The van der Waals surface area contributed by atoms with E-state index in [4.69, 9.17) is 14.2 Å². The molecule has 0 heterocycles. The number of amides is 1. The first-order valence-corrected chi connectivity index (χ1v) is 12.1. The molecule has 0 atom stereocenters. The van der Waals surface area contributed by atoms with Crippen LogP contribution in [0.1, 0.15) is 35.3 Å². The number of hydrogen-bond donors (Lipinski definition) is 1. The van der Waals surface area contributed by atoms with Gasteiger partial charge < -0.3 is 14.2 Å². The molecule has 4 aromatic carbocycles. The van der Waals surface area contributed by atoms with Gasteiger partial charge in [0.25, 0.3) is 5.91 Å². The molecule has 0 aliphatic heterocycles. The molecule has 0 bridgehead atoms. The maximum atomic E-state index is 12.8. The van der Waals surface area contributed by atoms with Crippen LogP contribution in [0.15, 0.2) is 90.0 Å². The Hall–Kier alpha value is -4.65. The Morgan fingerprint density at radius 3 is 2.27 bits per heavy atom. The zero-order chi connectivity index (χ0) is 26.0. The first-order chi connectivity index (χ1) is 18.1. The summed E-state index contributed by atoms with van der Waals surface area (Å²) in [4.78, 5) is 25.1. The van der Waals surface area contributed by atoms with Crippen molar-refractivity contribution in [2.45, 2.75) is 20.3 Å². The quantitative estimate of drug-likeness (QED) is 0.135. The molecule has 0 aromatic heterocycles. The minimum absolute atomic E-state index is 0.183. The summed E-state index contributed by atoms with van der Waals surface area (Å²) in [6.45, 7) is 4.32. The van der Waals surface area contributed by atoms with Crippen molar-refractivity contribution in [2.24, 2.45) is 5.10 Å². The second-order valence-corrected chi connectivity index (χ2v) is 8.12. The lowest BCUT2D eigenvalue weighted by molar-refractivity contribution is -0.123. The van der Waals surface area contributed by atoms with Crippen molar-refractivity contribution in [3.63, 3.8) is 0 Å². The highest BCUT2D eigenvalue weighted by Gasteiger charge is 2.14. The number of benzene rings is 4. The third kappa shape index (κ3) is 6.73. The van der Waals surface area contributed by atoms with Crippen LogP contribution in [-0.2, 0) is 11.2 Å². The molecule has 0 fully saturated rings. The van der Waals surface area contributed by atoms with Crippen LogP contribution < -0.4 is 19.6 Å². The molecule has 37 heavy (non-hydrogen) atoms. The average molecular weight is 497 g/mol. The summed E-state index contributed by atoms with van der Waals surface area (Å²) in [5, 5.41) is 5.86. The number of fused-ring (bicyclic) bond motifs is 1. The molecule has 0 aliphatic rings. The topological polar surface area (TPSA) is 86.2 Å². The van der Waals surface area contributed by atoms with Gasteiger partial charge in [0.2, 0.25) is 0 Å². The van der Waals surface area contributed by atoms with Crippen molar-refractivity contribution in [1.82, 2.24) is 5.43 Å². The zero-order valence-corrected chi connectivity index (χ0v) is 20.8. The zero-order valence-electron chi connectivity index (χ0n) is 20.8. The van der Waals surface area contributed by atoms with E-state index in [0.29, 0.717) is 35.0 Å². The fourth-order valence-electron chi connectivity index (χ4n) is 3.68. The van der Waals surface area contributed by atoms with Crippen molar-refractivity contribution < 1.29 is 23.8 Å². The minimum Gasteiger partial charge on any atom is -0.494 e. The van der Waals surface area contributed by atoms with Crippen molar-refractivity contribution >= 4 is 28.9 Å². The molecule has 1 amide bonds.